The van der Waals surface area contributed by atoms with E-state index in [1.165, 1.54) is 0 Å². The summed E-state index contributed by atoms with van der Waals surface area (Å²) in [7, 11) is 1.90. The van der Waals surface area contributed by atoms with Crippen LogP contribution in [0.3, 0.4) is 0 Å². The smallest absolute Gasteiger partial charge is 0.172 e. The largest absolute Gasteiger partial charge is 0.503 e. The van der Waals surface area contributed by atoms with Gasteiger partial charge < -0.3 is 15.2 Å². The van der Waals surface area contributed by atoms with Crippen LogP contribution in [-0.4, -0.2) is 18.8 Å². The van der Waals surface area contributed by atoms with E-state index in [0.717, 1.165) is 5.56 Å². The van der Waals surface area contributed by atoms with Crippen molar-refractivity contribution < 1.29 is 9.84 Å². The van der Waals surface area contributed by atoms with Gasteiger partial charge in [-0.3, -0.25) is 0 Å². The highest BCUT2D eigenvalue weighted by Crippen LogP contribution is 2.38. The highest BCUT2D eigenvalue weighted by molar-refractivity contribution is 9.10. The fourth-order valence-corrected chi connectivity index (χ4v) is 1.79. The van der Waals surface area contributed by atoms with E-state index in [4.69, 9.17) is 4.74 Å². The van der Waals surface area contributed by atoms with Crippen LogP contribution >= 0.6 is 15.9 Å². The summed E-state index contributed by atoms with van der Waals surface area (Å²) in [6, 6.07) is 3.76. The molecule has 0 heterocycles. The Hall–Kier alpha value is -0.740. The molecule has 0 aliphatic carbocycles. The first kappa shape index (κ1) is 13.3. The van der Waals surface area contributed by atoms with Crippen LogP contribution in [-0.2, 0) is 5.54 Å². The lowest BCUT2D eigenvalue weighted by Crippen LogP contribution is -2.33. The van der Waals surface area contributed by atoms with Gasteiger partial charge in [0.1, 0.15) is 0 Å². The van der Waals surface area contributed by atoms with Gasteiger partial charge in [-0.2, -0.15) is 0 Å². The standard InChI is InChI=1S/C12H18BrNO2/c1-5-16-10-7-8(12(2,3)14-4)6-9(13)11(10)15/h6-7,14-15H,5H2,1-4H3. The van der Waals surface area contributed by atoms with Crippen LogP contribution in [0.15, 0.2) is 16.6 Å². The third-order valence-electron chi connectivity index (χ3n) is 2.67. The molecular weight excluding hydrogens is 270 g/mol. The molecule has 0 aliphatic rings. The summed E-state index contributed by atoms with van der Waals surface area (Å²) in [6.07, 6.45) is 0. The first-order valence-electron chi connectivity index (χ1n) is 5.27. The lowest BCUT2D eigenvalue weighted by molar-refractivity contribution is 0.315. The van der Waals surface area contributed by atoms with E-state index < -0.39 is 0 Å². The number of aromatic hydroxyl groups is 1. The number of hydrogen-bond acceptors (Lipinski definition) is 3. The van der Waals surface area contributed by atoms with Crippen LogP contribution in [0.25, 0.3) is 0 Å². The third kappa shape index (κ3) is 2.68. The molecule has 4 heteroatoms. The quantitative estimate of drug-likeness (QED) is 0.895. The van der Waals surface area contributed by atoms with E-state index in [1.807, 2.05) is 26.1 Å². The number of nitrogens with one attached hydrogen (secondary N) is 1. The van der Waals surface area contributed by atoms with E-state index in [9.17, 15) is 5.11 Å². The van der Waals surface area contributed by atoms with Gasteiger partial charge in [-0.1, -0.05) is 0 Å². The average molecular weight is 288 g/mol. The summed E-state index contributed by atoms with van der Waals surface area (Å²) in [4.78, 5) is 0. The van der Waals surface area contributed by atoms with Crippen LogP contribution in [0.5, 0.6) is 11.5 Å². The number of ether oxygens (including phenoxy) is 1. The molecule has 3 nitrogen and oxygen atoms in total. The second-order valence-corrected chi connectivity index (χ2v) is 4.97. The van der Waals surface area contributed by atoms with Gasteiger partial charge in [-0.15, -0.1) is 0 Å². The van der Waals surface area contributed by atoms with Gasteiger partial charge in [0.2, 0.25) is 0 Å². The van der Waals surface area contributed by atoms with E-state index in [-0.39, 0.29) is 11.3 Å². The molecule has 0 bridgehead atoms. The van der Waals surface area contributed by atoms with Crippen molar-refractivity contribution in [3.63, 3.8) is 0 Å². The number of benzene rings is 1. The molecule has 2 N–H and O–H groups in total. The van der Waals surface area contributed by atoms with Crippen molar-refractivity contribution in [3.05, 3.63) is 22.2 Å². The second kappa shape index (κ2) is 5.06. The molecule has 1 aromatic carbocycles. The molecule has 1 aromatic rings. The maximum Gasteiger partial charge on any atom is 0.172 e. The van der Waals surface area contributed by atoms with Gasteiger partial charge in [0.05, 0.1) is 11.1 Å². The molecule has 0 aromatic heterocycles. The molecule has 1 rings (SSSR count). The molecule has 0 aliphatic heterocycles. The zero-order chi connectivity index (χ0) is 12.3. The third-order valence-corrected chi connectivity index (χ3v) is 3.28. The molecule has 16 heavy (non-hydrogen) atoms. The molecule has 0 atom stereocenters. The van der Waals surface area contributed by atoms with Gasteiger partial charge in [-0.25, -0.2) is 0 Å². The fraction of sp³-hybridized carbons (Fsp3) is 0.500. The molecule has 0 amide bonds. The first-order valence-corrected chi connectivity index (χ1v) is 6.06. The van der Waals surface area contributed by atoms with Crippen molar-refractivity contribution in [2.75, 3.05) is 13.7 Å². The molecule has 0 fully saturated rings. The Labute approximate surface area is 105 Å². The summed E-state index contributed by atoms with van der Waals surface area (Å²) >= 11 is 3.33. The number of phenols is 1. The Balaban J connectivity index is 3.23. The Bertz CT molecular complexity index is 378. The number of halogens is 1. The van der Waals surface area contributed by atoms with Crippen molar-refractivity contribution in [3.8, 4) is 11.5 Å². The summed E-state index contributed by atoms with van der Waals surface area (Å²) in [5.41, 5.74) is 0.894. The van der Waals surface area contributed by atoms with E-state index in [0.29, 0.717) is 16.8 Å². The summed E-state index contributed by atoms with van der Waals surface area (Å²) in [5.74, 6) is 0.660. The molecule has 90 valence electrons. The van der Waals surface area contributed by atoms with Crippen LogP contribution in [0, 0.1) is 0 Å². The number of phenolic OH excluding ortho intramolecular Hbond substituents is 1. The first-order chi connectivity index (χ1) is 7.42. The molecule has 0 spiro atoms. The maximum atomic E-state index is 9.80. The lowest BCUT2D eigenvalue weighted by atomic mass is 9.94. The highest BCUT2D eigenvalue weighted by Gasteiger charge is 2.21. The minimum atomic E-state index is -0.165. The Morgan fingerprint density at radius 3 is 2.56 bits per heavy atom. The average Bonchev–Trinajstić information content (AvgIpc) is 2.24. The zero-order valence-electron chi connectivity index (χ0n) is 10.1. The van der Waals surface area contributed by atoms with Crippen molar-refractivity contribution in [2.45, 2.75) is 26.3 Å². The molecular formula is C12H18BrNO2. The van der Waals surface area contributed by atoms with Gasteiger partial charge in [0.25, 0.3) is 0 Å². The summed E-state index contributed by atoms with van der Waals surface area (Å²) in [6.45, 7) is 6.57. The Kier molecular flexibility index (Phi) is 4.21. The van der Waals surface area contributed by atoms with E-state index >= 15 is 0 Å². The van der Waals surface area contributed by atoms with Crippen LogP contribution in [0.1, 0.15) is 26.3 Å². The lowest BCUT2D eigenvalue weighted by Gasteiger charge is -2.25. The van der Waals surface area contributed by atoms with Crippen molar-refractivity contribution in [1.82, 2.24) is 5.32 Å². The topological polar surface area (TPSA) is 41.5 Å². The van der Waals surface area contributed by atoms with Gasteiger partial charge in [0.15, 0.2) is 11.5 Å². The number of hydrogen-bond donors (Lipinski definition) is 2. The van der Waals surface area contributed by atoms with Crippen LogP contribution in [0.2, 0.25) is 0 Å². The molecule has 0 saturated carbocycles. The summed E-state index contributed by atoms with van der Waals surface area (Å²) < 4.78 is 6.04. The molecule has 0 radical (unpaired) electrons. The minimum absolute atomic E-state index is 0.150. The van der Waals surface area contributed by atoms with Crippen LogP contribution < -0.4 is 10.1 Å². The molecule has 0 unspecified atom stereocenters. The van der Waals surface area contributed by atoms with Gasteiger partial charge in [0, 0.05) is 5.54 Å². The SMILES string of the molecule is CCOc1cc(C(C)(C)NC)cc(Br)c1O. The monoisotopic (exact) mass is 287 g/mol. The second-order valence-electron chi connectivity index (χ2n) is 4.11. The normalized spacial score (nSPS) is 11.6. The van der Waals surface area contributed by atoms with Crippen molar-refractivity contribution in [2.24, 2.45) is 0 Å². The van der Waals surface area contributed by atoms with Crippen molar-refractivity contribution >= 4 is 15.9 Å². The van der Waals surface area contributed by atoms with Crippen molar-refractivity contribution in [1.29, 1.82) is 0 Å². The fourth-order valence-electron chi connectivity index (χ4n) is 1.34. The van der Waals surface area contributed by atoms with Gasteiger partial charge in [-0.05, 0) is 61.4 Å². The highest BCUT2D eigenvalue weighted by atomic mass is 79.9. The number of rotatable bonds is 4. The Morgan fingerprint density at radius 1 is 1.44 bits per heavy atom. The van der Waals surface area contributed by atoms with E-state index in [1.54, 1.807) is 0 Å². The predicted octanol–water partition coefficient (Wildman–Crippen LogP) is 3.01. The predicted molar refractivity (Wildman–Crippen MR) is 69.1 cm³/mol. The maximum absolute atomic E-state index is 9.80. The summed E-state index contributed by atoms with van der Waals surface area (Å²) in [5, 5.41) is 13.0. The van der Waals surface area contributed by atoms with E-state index in [2.05, 4.69) is 35.1 Å². The Morgan fingerprint density at radius 2 is 2.06 bits per heavy atom. The van der Waals surface area contributed by atoms with Gasteiger partial charge >= 0.3 is 0 Å². The minimum Gasteiger partial charge on any atom is -0.503 e. The molecule has 0 saturated heterocycles. The van der Waals surface area contributed by atoms with Crippen LogP contribution in [0.4, 0.5) is 0 Å². The zero-order valence-corrected chi connectivity index (χ0v) is 11.7.